The van der Waals surface area contributed by atoms with Crippen LogP contribution in [0.4, 0.5) is 0 Å². The normalized spacial score (nSPS) is 21.7. The van der Waals surface area contributed by atoms with E-state index in [1.54, 1.807) is 0 Å². The number of nitrogens with zero attached hydrogens (tertiary/aromatic N) is 1. The van der Waals surface area contributed by atoms with E-state index in [9.17, 15) is 4.79 Å². The van der Waals surface area contributed by atoms with Crippen molar-refractivity contribution in [2.45, 2.75) is 40.2 Å². The van der Waals surface area contributed by atoms with Gasteiger partial charge in [-0.15, -0.1) is 0 Å². The van der Waals surface area contributed by atoms with E-state index in [0.29, 0.717) is 0 Å². The fourth-order valence-electron chi connectivity index (χ4n) is 1.55. The smallest absolute Gasteiger partial charge is 0.224 e. The Morgan fingerprint density at radius 2 is 2.00 bits per heavy atom. The number of hydrogen-bond acceptors (Lipinski definition) is 2. The number of carbonyl (C=O) groups excluding carboxylic acids is 1. The molecule has 0 aromatic rings. The van der Waals surface area contributed by atoms with Crippen LogP contribution in [0.15, 0.2) is 0 Å². The van der Waals surface area contributed by atoms with Gasteiger partial charge in [-0.1, -0.05) is 13.8 Å². The minimum absolute atomic E-state index is 0.217. The van der Waals surface area contributed by atoms with Crippen molar-refractivity contribution in [3.8, 4) is 0 Å². The third-order valence-electron chi connectivity index (χ3n) is 2.19. The van der Waals surface area contributed by atoms with Crippen LogP contribution < -0.4 is 5.32 Å². The molecule has 0 aromatic carbocycles. The van der Waals surface area contributed by atoms with E-state index in [4.69, 9.17) is 0 Å². The largest absolute Gasteiger partial charge is 0.354 e. The molecule has 1 aliphatic rings. The quantitative estimate of drug-likeness (QED) is 0.732. The number of rotatable bonds is 2. The molecule has 1 heterocycles. The third kappa shape index (κ3) is 4.61. The van der Waals surface area contributed by atoms with Crippen LogP contribution in [-0.4, -0.2) is 37.0 Å². The number of carbonyl (C=O) groups is 1. The Hall–Kier alpha value is -0.570. The van der Waals surface area contributed by atoms with Crippen LogP contribution >= 0.6 is 0 Å². The maximum atomic E-state index is 11.5. The van der Waals surface area contributed by atoms with Gasteiger partial charge in [0.2, 0.25) is 5.91 Å². The number of nitrogens with one attached hydrogen (secondary N) is 1. The van der Waals surface area contributed by atoms with Gasteiger partial charge >= 0.3 is 0 Å². The van der Waals surface area contributed by atoms with Crippen LogP contribution in [0.2, 0.25) is 0 Å². The second kappa shape index (κ2) is 6.82. The van der Waals surface area contributed by atoms with Crippen LogP contribution in [0.3, 0.4) is 0 Å². The maximum absolute atomic E-state index is 11.5. The summed E-state index contributed by atoms with van der Waals surface area (Å²) in [6, 6.07) is 0.267. The number of hydrogen-bond donors (Lipinski definition) is 1. The molecule has 3 nitrogen and oxygen atoms in total. The van der Waals surface area contributed by atoms with E-state index >= 15 is 0 Å². The summed E-state index contributed by atoms with van der Waals surface area (Å²) < 4.78 is 0. The van der Waals surface area contributed by atoms with Gasteiger partial charge in [0.1, 0.15) is 0 Å². The lowest BCUT2D eigenvalue weighted by Crippen LogP contribution is -2.36. The molecule has 0 bridgehead atoms. The summed E-state index contributed by atoms with van der Waals surface area (Å²) in [5.74, 6) is 0.437. The van der Waals surface area contributed by atoms with Crippen molar-refractivity contribution in [2.75, 3.05) is 20.1 Å². The third-order valence-corrected chi connectivity index (χ3v) is 2.19. The predicted molar refractivity (Wildman–Crippen MR) is 60.2 cm³/mol. The highest BCUT2D eigenvalue weighted by molar-refractivity contribution is 5.79. The molecular weight excluding hydrogens is 176 g/mol. The second-order valence-electron chi connectivity index (χ2n) is 3.91. The topological polar surface area (TPSA) is 32.3 Å². The molecule has 0 spiro atoms. The molecule has 1 atom stereocenters. The zero-order valence-electron chi connectivity index (χ0n) is 10.1. The maximum Gasteiger partial charge on any atom is 0.224 e. The first kappa shape index (κ1) is 13.4. The monoisotopic (exact) mass is 200 g/mol. The zero-order chi connectivity index (χ0) is 11.1. The fraction of sp³-hybridized carbons (Fsp3) is 0.909. The number of likely N-dealkylation sites (tertiary alicyclic amines) is 1. The Balaban J connectivity index is 0.000000791. The minimum Gasteiger partial charge on any atom is -0.354 e. The Bertz CT molecular complexity index is 169. The lowest BCUT2D eigenvalue weighted by molar-refractivity contribution is -0.125. The first-order chi connectivity index (χ1) is 6.59. The molecule has 1 fully saturated rings. The molecule has 3 heteroatoms. The van der Waals surface area contributed by atoms with Crippen LogP contribution in [-0.2, 0) is 4.79 Å². The summed E-state index contributed by atoms with van der Waals surface area (Å²) in [4.78, 5) is 13.7. The Morgan fingerprint density at radius 3 is 2.36 bits per heavy atom. The van der Waals surface area contributed by atoms with Crippen molar-refractivity contribution in [3.63, 3.8) is 0 Å². The molecule has 1 saturated heterocycles. The van der Waals surface area contributed by atoms with Crippen molar-refractivity contribution in [1.82, 2.24) is 10.2 Å². The number of amides is 1. The Morgan fingerprint density at radius 1 is 1.43 bits per heavy atom. The first-order valence-electron chi connectivity index (χ1n) is 5.58. The Kier molecular flexibility index (Phi) is 6.54. The van der Waals surface area contributed by atoms with Crippen molar-refractivity contribution in [1.29, 1.82) is 0 Å². The van der Waals surface area contributed by atoms with Gasteiger partial charge in [0.25, 0.3) is 0 Å². The molecule has 1 unspecified atom stereocenters. The summed E-state index contributed by atoms with van der Waals surface area (Å²) in [5, 5.41) is 2.94. The highest BCUT2D eigenvalue weighted by Crippen LogP contribution is 2.14. The summed E-state index contributed by atoms with van der Waals surface area (Å²) in [6.07, 6.45) is 1.01. The van der Waals surface area contributed by atoms with Crippen molar-refractivity contribution < 1.29 is 4.79 Å². The first-order valence-corrected chi connectivity index (χ1v) is 5.58. The molecule has 0 radical (unpaired) electrons. The van der Waals surface area contributed by atoms with Gasteiger partial charge in [-0.25, -0.2) is 0 Å². The minimum atomic E-state index is 0.217. The highest BCUT2D eigenvalue weighted by atomic mass is 16.2. The zero-order valence-corrected chi connectivity index (χ0v) is 10.1. The van der Waals surface area contributed by atoms with Gasteiger partial charge in [0.05, 0.1) is 5.92 Å². The van der Waals surface area contributed by atoms with E-state index in [1.807, 2.05) is 27.7 Å². The lowest BCUT2D eigenvalue weighted by atomic mass is 10.1. The van der Waals surface area contributed by atoms with E-state index in [1.165, 1.54) is 0 Å². The van der Waals surface area contributed by atoms with Gasteiger partial charge < -0.3 is 10.2 Å². The van der Waals surface area contributed by atoms with E-state index in [0.717, 1.165) is 19.5 Å². The predicted octanol–water partition coefficient (Wildman–Crippen LogP) is 1.49. The van der Waals surface area contributed by atoms with Crippen LogP contribution in [0.5, 0.6) is 0 Å². The van der Waals surface area contributed by atoms with Crippen LogP contribution in [0.1, 0.15) is 34.1 Å². The lowest BCUT2D eigenvalue weighted by Gasteiger charge is -2.13. The molecule has 0 aromatic heterocycles. The molecule has 0 saturated carbocycles. The standard InChI is InChI=1S/C9H18N2O.C2H6/c1-7(2)10-9(12)8-4-5-11(3)6-8;1-2/h7-8H,4-6H2,1-3H3,(H,10,12);1-2H3. The van der Waals surface area contributed by atoms with Crippen LogP contribution in [0.25, 0.3) is 0 Å². The van der Waals surface area contributed by atoms with E-state index in [-0.39, 0.29) is 17.9 Å². The van der Waals surface area contributed by atoms with Crippen molar-refractivity contribution in [2.24, 2.45) is 5.92 Å². The molecule has 1 rings (SSSR count). The fourth-order valence-corrected chi connectivity index (χ4v) is 1.55. The highest BCUT2D eigenvalue weighted by Gasteiger charge is 2.25. The summed E-state index contributed by atoms with van der Waals surface area (Å²) >= 11 is 0. The van der Waals surface area contributed by atoms with Gasteiger partial charge in [-0.05, 0) is 33.9 Å². The molecule has 0 aliphatic carbocycles. The van der Waals surface area contributed by atoms with Gasteiger partial charge in [0.15, 0.2) is 0 Å². The molecule has 1 aliphatic heterocycles. The summed E-state index contributed by atoms with van der Waals surface area (Å²) in [6.45, 7) is 9.96. The summed E-state index contributed by atoms with van der Waals surface area (Å²) in [7, 11) is 2.06. The molecular formula is C11H24N2O. The molecule has 14 heavy (non-hydrogen) atoms. The average molecular weight is 200 g/mol. The van der Waals surface area contributed by atoms with Crippen LogP contribution in [0, 0.1) is 5.92 Å². The molecule has 1 amide bonds. The van der Waals surface area contributed by atoms with Gasteiger partial charge in [-0.2, -0.15) is 0 Å². The summed E-state index contributed by atoms with van der Waals surface area (Å²) in [5.41, 5.74) is 0. The van der Waals surface area contributed by atoms with Crippen molar-refractivity contribution >= 4 is 5.91 Å². The van der Waals surface area contributed by atoms with E-state index < -0.39 is 0 Å². The van der Waals surface area contributed by atoms with Gasteiger partial charge in [0, 0.05) is 12.6 Å². The van der Waals surface area contributed by atoms with Gasteiger partial charge in [-0.3, -0.25) is 4.79 Å². The second-order valence-corrected chi connectivity index (χ2v) is 3.91. The van der Waals surface area contributed by atoms with Crippen molar-refractivity contribution in [3.05, 3.63) is 0 Å². The Labute approximate surface area is 87.9 Å². The SMILES string of the molecule is CC.CC(C)NC(=O)C1CCN(C)C1. The van der Waals surface area contributed by atoms with E-state index in [2.05, 4.69) is 17.3 Å². The molecule has 1 N–H and O–H groups in total. The average Bonchev–Trinajstić information content (AvgIpc) is 2.54. The molecule has 84 valence electrons.